The van der Waals surface area contributed by atoms with Gasteiger partial charge in [0.2, 0.25) is 5.88 Å². The minimum absolute atomic E-state index is 0.114. The predicted octanol–water partition coefficient (Wildman–Crippen LogP) is 3.29. The third kappa shape index (κ3) is 4.78. The van der Waals surface area contributed by atoms with Gasteiger partial charge in [0.05, 0.1) is 11.1 Å². The molecule has 156 valence electrons. The van der Waals surface area contributed by atoms with Crippen LogP contribution in [-0.2, 0) is 13.6 Å². The van der Waals surface area contributed by atoms with E-state index in [1.807, 2.05) is 43.6 Å². The summed E-state index contributed by atoms with van der Waals surface area (Å²) in [4.78, 5) is 27.7. The number of fused-ring (bicyclic) bond motifs is 1. The number of nitrogens with two attached hydrogens (primary N) is 1. The first-order valence-corrected chi connectivity index (χ1v) is 9.48. The first-order chi connectivity index (χ1) is 15.0. The number of anilines is 2. The Morgan fingerprint density at radius 3 is 2.81 bits per heavy atom. The van der Waals surface area contributed by atoms with Gasteiger partial charge in [0.25, 0.3) is 5.91 Å². The highest BCUT2D eigenvalue weighted by Gasteiger charge is 2.12. The molecular formula is C22H20N6O3. The number of hydrogen-bond donors (Lipinski definition) is 3. The van der Waals surface area contributed by atoms with Gasteiger partial charge in [-0.05, 0) is 42.0 Å². The van der Waals surface area contributed by atoms with E-state index in [1.54, 1.807) is 28.9 Å². The second-order valence-corrected chi connectivity index (χ2v) is 6.85. The lowest BCUT2D eigenvalue weighted by Gasteiger charge is -2.13. The summed E-state index contributed by atoms with van der Waals surface area (Å²) >= 11 is 0. The average Bonchev–Trinajstić information content (AvgIpc) is 3.11. The molecule has 31 heavy (non-hydrogen) atoms. The van der Waals surface area contributed by atoms with Gasteiger partial charge in [-0.15, -0.1) is 0 Å². The van der Waals surface area contributed by atoms with Gasteiger partial charge in [0.1, 0.15) is 0 Å². The zero-order valence-corrected chi connectivity index (χ0v) is 16.7. The Kier molecular flexibility index (Phi) is 5.48. The molecule has 0 aliphatic carbocycles. The van der Waals surface area contributed by atoms with Crippen LogP contribution < -0.4 is 21.1 Å². The molecule has 0 radical (unpaired) electrons. The number of carbonyl (C=O) groups is 2. The van der Waals surface area contributed by atoms with E-state index in [-0.39, 0.29) is 11.8 Å². The third-order valence-corrected chi connectivity index (χ3v) is 4.54. The number of para-hydroxylation sites is 1. The van der Waals surface area contributed by atoms with E-state index < -0.39 is 6.09 Å². The zero-order valence-electron chi connectivity index (χ0n) is 16.7. The largest absolute Gasteiger partial charge is 0.411 e. The topological polar surface area (TPSA) is 124 Å². The quantitative estimate of drug-likeness (QED) is 0.443. The van der Waals surface area contributed by atoms with E-state index in [0.29, 0.717) is 23.5 Å². The van der Waals surface area contributed by atoms with Crippen LogP contribution >= 0.6 is 0 Å². The highest BCUT2D eigenvalue weighted by molar-refractivity contribution is 6.08. The Labute approximate surface area is 177 Å². The molecule has 4 rings (SSSR count). The molecule has 2 aromatic heterocycles. The molecule has 4 N–H and O–H groups in total. The summed E-state index contributed by atoms with van der Waals surface area (Å²) in [7, 11) is 1.85. The maximum Gasteiger partial charge on any atom is 0.411 e. The summed E-state index contributed by atoms with van der Waals surface area (Å²) in [5, 5.41) is 11.5. The van der Waals surface area contributed by atoms with Crippen molar-refractivity contribution in [3.05, 3.63) is 78.1 Å². The Morgan fingerprint density at radius 2 is 1.97 bits per heavy atom. The fourth-order valence-corrected chi connectivity index (χ4v) is 3.17. The van der Waals surface area contributed by atoms with Crippen LogP contribution in [0.3, 0.4) is 0 Å². The van der Waals surface area contributed by atoms with Gasteiger partial charge in [-0.2, -0.15) is 5.10 Å². The molecule has 4 aromatic rings. The maximum absolute atomic E-state index is 12.9. The van der Waals surface area contributed by atoms with E-state index in [4.69, 9.17) is 10.5 Å². The summed E-state index contributed by atoms with van der Waals surface area (Å²) < 4.78 is 6.53. The molecule has 2 amide bonds. The normalized spacial score (nSPS) is 10.6. The first-order valence-electron chi connectivity index (χ1n) is 9.48. The number of aromatic nitrogens is 3. The smallest absolute Gasteiger partial charge is 0.391 e. The van der Waals surface area contributed by atoms with Crippen molar-refractivity contribution in [2.24, 2.45) is 12.8 Å². The Bertz CT molecular complexity index is 1270. The van der Waals surface area contributed by atoms with Gasteiger partial charge < -0.3 is 21.1 Å². The van der Waals surface area contributed by atoms with Crippen LogP contribution in [0.15, 0.2) is 67.0 Å². The molecule has 9 heteroatoms. The van der Waals surface area contributed by atoms with Crippen molar-refractivity contribution in [3.63, 3.8) is 0 Å². The predicted molar refractivity (Wildman–Crippen MR) is 117 cm³/mol. The Balaban J connectivity index is 1.48. The highest BCUT2D eigenvalue weighted by Crippen LogP contribution is 2.21. The molecule has 0 bridgehead atoms. The molecule has 0 saturated carbocycles. The van der Waals surface area contributed by atoms with Crippen molar-refractivity contribution in [2.45, 2.75) is 6.54 Å². The molecule has 2 aromatic carbocycles. The minimum atomic E-state index is -0.927. The van der Waals surface area contributed by atoms with E-state index in [0.717, 1.165) is 16.5 Å². The van der Waals surface area contributed by atoms with Crippen molar-refractivity contribution in [3.8, 4) is 5.88 Å². The summed E-state index contributed by atoms with van der Waals surface area (Å²) in [6, 6.07) is 16.2. The first kappa shape index (κ1) is 19.9. The second-order valence-electron chi connectivity index (χ2n) is 6.85. The number of nitrogens with zero attached hydrogens (tertiary/aromatic N) is 3. The van der Waals surface area contributed by atoms with E-state index >= 15 is 0 Å². The van der Waals surface area contributed by atoms with Crippen molar-refractivity contribution < 1.29 is 14.3 Å². The number of amides is 2. The average molecular weight is 416 g/mol. The lowest BCUT2D eigenvalue weighted by Crippen LogP contribution is -2.17. The van der Waals surface area contributed by atoms with Gasteiger partial charge in [0.15, 0.2) is 0 Å². The molecule has 0 aliphatic heterocycles. The summed E-state index contributed by atoms with van der Waals surface area (Å²) in [6.07, 6.45) is 2.50. The van der Waals surface area contributed by atoms with Gasteiger partial charge in [0, 0.05) is 48.8 Å². The molecule has 0 spiro atoms. The highest BCUT2D eigenvalue weighted by atomic mass is 16.6. The van der Waals surface area contributed by atoms with Crippen molar-refractivity contribution in [1.82, 2.24) is 14.8 Å². The van der Waals surface area contributed by atoms with Gasteiger partial charge in [-0.25, -0.2) is 9.78 Å². The van der Waals surface area contributed by atoms with Gasteiger partial charge in [-0.3, -0.25) is 9.48 Å². The number of pyridine rings is 1. The molecule has 0 fully saturated rings. The monoisotopic (exact) mass is 416 g/mol. The number of hydrogen-bond acceptors (Lipinski definition) is 6. The van der Waals surface area contributed by atoms with Crippen LogP contribution in [0, 0.1) is 0 Å². The molecule has 0 aliphatic rings. The summed E-state index contributed by atoms with van der Waals surface area (Å²) in [5.41, 5.74) is 8.45. The minimum Gasteiger partial charge on any atom is -0.391 e. The van der Waals surface area contributed by atoms with Crippen LogP contribution in [0.1, 0.15) is 15.9 Å². The van der Waals surface area contributed by atoms with Crippen molar-refractivity contribution >= 4 is 34.3 Å². The third-order valence-electron chi connectivity index (χ3n) is 4.54. The van der Waals surface area contributed by atoms with Gasteiger partial charge >= 0.3 is 6.09 Å². The van der Waals surface area contributed by atoms with Crippen LogP contribution in [0.4, 0.5) is 16.2 Å². The van der Waals surface area contributed by atoms with Crippen LogP contribution in [0.5, 0.6) is 5.88 Å². The van der Waals surface area contributed by atoms with Crippen LogP contribution in [-0.4, -0.2) is 26.8 Å². The number of rotatable bonds is 6. The lowest BCUT2D eigenvalue weighted by molar-refractivity contribution is 0.102. The second kappa shape index (κ2) is 8.54. The fraction of sp³-hybridized carbons (Fsp3) is 0.0909. The van der Waals surface area contributed by atoms with Gasteiger partial charge in [-0.1, -0.05) is 12.1 Å². The zero-order chi connectivity index (χ0) is 21.8. The maximum atomic E-state index is 12.9. The number of primary amides is 1. The molecule has 2 heterocycles. The number of nitrogens with one attached hydrogen (secondary N) is 2. The standard InChI is InChI=1S/C22H20N6O3/c1-28-13-15-6-7-16(11-19(15)27-28)26-21(29)17-4-2-3-5-18(17)25-12-14-8-9-24-20(10-14)31-22(23)30/h2-11,13,25H,12H2,1H3,(H2,23,30)(H,26,29). The molecule has 0 atom stereocenters. The van der Waals surface area contributed by atoms with Crippen LogP contribution in [0.2, 0.25) is 0 Å². The number of benzene rings is 2. The molecule has 0 unspecified atom stereocenters. The number of aryl methyl sites for hydroxylation is 1. The lowest BCUT2D eigenvalue weighted by atomic mass is 10.1. The summed E-state index contributed by atoms with van der Waals surface area (Å²) in [6.45, 7) is 0.391. The fourth-order valence-electron chi connectivity index (χ4n) is 3.17. The van der Waals surface area contributed by atoms with Crippen molar-refractivity contribution in [2.75, 3.05) is 10.6 Å². The molecule has 9 nitrogen and oxygen atoms in total. The SMILES string of the molecule is Cn1cc2ccc(NC(=O)c3ccccc3NCc3ccnc(OC(N)=O)c3)cc2n1. The number of carbonyl (C=O) groups excluding carboxylic acids is 2. The molecule has 0 saturated heterocycles. The van der Waals surface area contributed by atoms with Crippen LogP contribution in [0.25, 0.3) is 10.9 Å². The summed E-state index contributed by atoms with van der Waals surface area (Å²) in [5.74, 6) is -0.131. The van der Waals surface area contributed by atoms with E-state index in [9.17, 15) is 9.59 Å². The van der Waals surface area contributed by atoms with E-state index in [2.05, 4.69) is 20.7 Å². The van der Waals surface area contributed by atoms with Crippen molar-refractivity contribution in [1.29, 1.82) is 0 Å². The van der Waals surface area contributed by atoms with E-state index in [1.165, 1.54) is 6.20 Å². The number of ether oxygens (including phenoxy) is 1. The molecular weight excluding hydrogens is 396 g/mol. The Hall–Kier alpha value is -4.40. The Morgan fingerprint density at radius 1 is 1.13 bits per heavy atom.